The summed E-state index contributed by atoms with van der Waals surface area (Å²) in [6.45, 7) is 9.96. The molecule has 0 saturated heterocycles. The van der Waals surface area contributed by atoms with E-state index in [1.807, 2.05) is 0 Å². The number of nitrogens with zero attached hydrogens (tertiary/aromatic N) is 2. The molecule has 1 rings (SSSR count). The molecule has 0 spiro atoms. The molecule has 0 fully saturated rings. The minimum atomic E-state index is 1.01. The van der Waals surface area contributed by atoms with Gasteiger partial charge in [-0.15, -0.1) is 0 Å². The Balaban J connectivity index is 2.31. The van der Waals surface area contributed by atoms with Crippen molar-refractivity contribution < 1.29 is 0 Å². The van der Waals surface area contributed by atoms with Gasteiger partial charge in [-0.25, -0.2) is 0 Å². The van der Waals surface area contributed by atoms with Crippen LogP contribution in [-0.2, 0) is 0 Å². The minimum absolute atomic E-state index is 1.01. The van der Waals surface area contributed by atoms with Gasteiger partial charge in [-0.1, -0.05) is 19.1 Å². The Bertz CT molecular complexity index is 350. The molecule has 1 aromatic rings. The Kier molecular flexibility index (Phi) is 7.53. The van der Waals surface area contributed by atoms with Gasteiger partial charge in [0.25, 0.3) is 0 Å². The van der Waals surface area contributed by atoms with Crippen LogP contribution in [0.1, 0.15) is 18.9 Å². The van der Waals surface area contributed by atoms with E-state index in [1.54, 1.807) is 0 Å². The lowest BCUT2D eigenvalue weighted by Gasteiger charge is -2.23. The summed E-state index contributed by atoms with van der Waals surface area (Å²) >= 11 is 0. The van der Waals surface area contributed by atoms with Gasteiger partial charge in [0.2, 0.25) is 0 Å². The fraction of sp³-hybridized carbons (Fsp3) is 0.625. The van der Waals surface area contributed by atoms with E-state index in [-0.39, 0.29) is 0 Å². The van der Waals surface area contributed by atoms with Crippen LogP contribution in [0.4, 0.5) is 5.69 Å². The van der Waals surface area contributed by atoms with Crippen molar-refractivity contribution in [3.05, 3.63) is 29.8 Å². The molecule has 0 aliphatic heterocycles. The van der Waals surface area contributed by atoms with Crippen LogP contribution in [0.3, 0.4) is 0 Å². The lowest BCUT2D eigenvalue weighted by atomic mass is 10.2. The Morgan fingerprint density at radius 2 is 1.84 bits per heavy atom. The van der Waals surface area contributed by atoms with E-state index in [0.717, 1.165) is 26.2 Å². The van der Waals surface area contributed by atoms with Crippen molar-refractivity contribution in [1.29, 1.82) is 0 Å². The van der Waals surface area contributed by atoms with Crippen molar-refractivity contribution in [2.75, 3.05) is 52.1 Å². The first-order valence-corrected chi connectivity index (χ1v) is 7.29. The number of hydrogen-bond acceptors (Lipinski definition) is 3. The molecule has 0 heterocycles. The van der Waals surface area contributed by atoms with Crippen LogP contribution in [0.5, 0.6) is 0 Å². The van der Waals surface area contributed by atoms with Crippen molar-refractivity contribution in [1.82, 2.24) is 9.80 Å². The van der Waals surface area contributed by atoms with Crippen LogP contribution in [-0.4, -0.2) is 56.6 Å². The number of rotatable bonds is 9. The molecule has 3 heteroatoms. The Hall–Kier alpha value is -1.06. The van der Waals surface area contributed by atoms with E-state index in [4.69, 9.17) is 0 Å². The second-order valence-electron chi connectivity index (χ2n) is 5.44. The molecular formula is C16H29N3. The molecule has 0 saturated carbocycles. The van der Waals surface area contributed by atoms with Crippen LogP contribution in [0.2, 0.25) is 0 Å². The van der Waals surface area contributed by atoms with Gasteiger partial charge in [0.1, 0.15) is 0 Å². The van der Waals surface area contributed by atoms with Gasteiger partial charge in [-0.05, 0) is 51.7 Å². The van der Waals surface area contributed by atoms with E-state index in [9.17, 15) is 0 Å². The minimum Gasteiger partial charge on any atom is -0.384 e. The van der Waals surface area contributed by atoms with E-state index in [0.29, 0.717) is 0 Å². The van der Waals surface area contributed by atoms with E-state index in [2.05, 4.69) is 67.3 Å². The molecule has 0 aliphatic carbocycles. The smallest absolute Gasteiger partial charge is 0.0343 e. The maximum atomic E-state index is 3.51. The third kappa shape index (κ3) is 7.19. The summed E-state index contributed by atoms with van der Waals surface area (Å²) in [4.78, 5) is 4.78. The molecule has 3 nitrogen and oxygen atoms in total. The fourth-order valence-electron chi connectivity index (χ4n) is 2.11. The zero-order valence-corrected chi connectivity index (χ0v) is 12.9. The first-order chi connectivity index (χ1) is 9.11. The van der Waals surface area contributed by atoms with Gasteiger partial charge in [0.15, 0.2) is 0 Å². The Morgan fingerprint density at radius 3 is 2.47 bits per heavy atom. The molecule has 0 radical (unpaired) electrons. The SMILES string of the molecule is CCCN(CCNc1cccc(C)c1)CCN(C)C. The van der Waals surface area contributed by atoms with Crippen molar-refractivity contribution in [3.8, 4) is 0 Å². The van der Waals surface area contributed by atoms with Gasteiger partial charge in [-0.2, -0.15) is 0 Å². The number of anilines is 1. The summed E-state index contributed by atoms with van der Waals surface area (Å²) in [5.41, 5.74) is 2.53. The third-order valence-corrected chi connectivity index (χ3v) is 3.18. The average Bonchev–Trinajstić information content (AvgIpc) is 2.36. The molecular weight excluding hydrogens is 234 g/mol. The molecule has 0 aliphatic rings. The highest BCUT2D eigenvalue weighted by atomic mass is 15.2. The average molecular weight is 263 g/mol. The Morgan fingerprint density at radius 1 is 1.05 bits per heavy atom. The molecule has 1 N–H and O–H groups in total. The van der Waals surface area contributed by atoms with Gasteiger partial charge in [0, 0.05) is 31.9 Å². The normalized spacial score (nSPS) is 11.3. The monoisotopic (exact) mass is 263 g/mol. The molecule has 108 valence electrons. The highest BCUT2D eigenvalue weighted by Gasteiger charge is 2.04. The summed E-state index contributed by atoms with van der Waals surface area (Å²) < 4.78 is 0. The van der Waals surface area contributed by atoms with Crippen LogP contribution in [0.25, 0.3) is 0 Å². The second-order valence-corrected chi connectivity index (χ2v) is 5.44. The lowest BCUT2D eigenvalue weighted by Crippen LogP contribution is -2.35. The number of likely N-dealkylation sites (N-methyl/N-ethyl adjacent to an activating group) is 1. The van der Waals surface area contributed by atoms with Crippen molar-refractivity contribution in [2.24, 2.45) is 0 Å². The standard InChI is InChI=1S/C16H29N3/c1-5-10-19(13-12-18(3)4)11-9-17-16-8-6-7-15(2)14-16/h6-8,14,17H,5,9-13H2,1-4H3. The summed E-state index contributed by atoms with van der Waals surface area (Å²) in [6.07, 6.45) is 1.22. The molecule has 0 atom stereocenters. The Labute approximate surface area is 118 Å². The summed E-state index contributed by atoms with van der Waals surface area (Å²) in [5.74, 6) is 0. The quantitative estimate of drug-likeness (QED) is 0.739. The van der Waals surface area contributed by atoms with Gasteiger partial charge < -0.3 is 15.1 Å². The van der Waals surface area contributed by atoms with Crippen molar-refractivity contribution in [3.63, 3.8) is 0 Å². The van der Waals surface area contributed by atoms with Gasteiger partial charge in [0.05, 0.1) is 0 Å². The third-order valence-electron chi connectivity index (χ3n) is 3.18. The van der Waals surface area contributed by atoms with E-state index in [1.165, 1.54) is 24.2 Å². The highest BCUT2D eigenvalue weighted by Crippen LogP contribution is 2.08. The molecule has 0 aromatic heterocycles. The maximum Gasteiger partial charge on any atom is 0.0343 e. The molecule has 0 unspecified atom stereocenters. The molecule has 0 amide bonds. The van der Waals surface area contributed by atoms with Crippen LogP contribution >= 0.6 is 0 Å². The summed E-state index contributed by atoms with van der Waals surface area (Å²) in [6, 6.07) is 8.57. The summed E-state index contributed by atoms with van der Waals surface area (Å²) in [5, 5.41) is 3.51. The first kappa shape index (κ1) is 16.0. The number of benzene rings is 1. The van der Waals surface area contributed by atoms with Crippen LogP contribution < -0.4 is 5.32 Å². The summed E-state index contributed by atoms with van der Waals surface area (Å²) in [7, 11) is 4.27. The van der Waals surface area contributed by atoms with Crippen LogP contribution in [0.15, 0.2) is 24.3 Å². The van der Waals surface area contributed by atoms with Gasteiger partial charge >= 0.3 is 0 Å². The topological polar surface area (TPSA) is 18.5 Å². The maximum absolute atomic E-state index is 3.51. The second kappa shape index (κ2) is 8.94. The molecule has 1 aromatic carbocycles. The predicted molar refractivity (Wildman–Crippen MR) is 85.0 cm³/mol. The highest BCUT2D eigenvalue weighted by molar-refractivity contribution is 5.45. The van der Waals surface area contributed by atoms with Gasteiger partial charge in [-0.3, -0.25) is 0 Å². The van der Waals surface area contributed by atoms with E-state index >= 15 is 0 Å². The zero-order chi connectivity index (χ0) is 14.1. The molecule has 0 bridgehead atoms. The first-order valence-electron chi connectivity index (χ1n) is 7.29. The number of hydrogen-bond donors (Lipinski definition) is 1. The number of nitrogens with one attached hydrogen (secondary N) is 1. The largest absolute Gasteiger partial charge is 0.384 e. The van der Waals surface area contributed by atoms with Crippen molar-refractivity contribution in [2.45, 2.75) is 20.3 Å². The zero-order valence-electron chi connectivity index (χ0n) is 12.9. The van der Waals surface area contributed by atoms with Crippen LogP contribution in [0, 0.1) is 6.92 Å². The lowest BCUT2D eigenvalue weighted by molar-refractivity contribution is 0.248. The van der Waals surface area contributed by atoms with Crippen molar-refractivity contribution >= 4 is 5.69 Å². The fourth-order valence-corrected chi connectivity index (χ4v) is 2.11. The predicted octanol–water partition coefficient (Wildman–Crippen LogP) is 2.68. The number of aryl methyl sites for hydroxylation is 1. The molecule has 19 heavy (non-hydrogen) atoms. The van der Waals surface area contributed by atoms with E-state index < -0.39 is 0 Å².